The topological polar surface area (TPSA) is 60.2 Å². The van der Waals surface area contributed by atoms with E-state index in [0.717, 1.165) is 35.2 Å². The molecule has 0 saturated carbocycles. The van der Waals surface area contributed by atoms with Crippen molar-refractivity contribution in [3.05, 3.63) is 101 Å². The first-order valence-corrected chi connectivity index (χ1v) is 9.73. The molecule has 0 spiro atoms. The average molecular weight is 382 g/mol. The van der Waals surface area contributed by atoms with Gasteiger partial charge in [-0.25, -0.2) is 0 Å². The van der Waals surface area contributed by atoms with Crippen LogP contribution in [0, 0.1) is 18.3 Å². The van der Waals surface area contributed by atoms with Crippen LogP contribution in [0.3, 0.4) is 0 Å². The second-order valence-electron chi connectivity index (χ2n) is 7.26. The average Bonchev–Trinajstić information content (AvgIpc) is 2.96. The predicted molar refractivity (Wildman–Crippen MR) is 111 cm³/mol. The van der Waals surface area contributed by atoms with E-state index in [-0.39, 0.29) is 5.91 Å². The SMILES string of the molecule is Cc1cc(C(=O)N2CCCC=C3C=CN(Cc4cccnc4)C=C32)ccc1C#N. The molecule has 0 unspecified atom stereocenters. The normalized spacial score (nSPS) is 15.7. The van der Waals surface area contributed by atoms with Crippen LogP contribution in [-0.4, -0.2) is 27.2 Å². The number of amides is 1. The van der Waals surface area contributed by atoms with Crippen molar-refractivity contribution in [2.45, 2.75) is 26.3 Å². The molecular formula is C24H22N4O. The molecule has 2 aliphatic rings. The number of carbonyl (C=O) groups is 1. The number of rotatable bonds is 3. The van der Waals surface area contributed by atoms with Crippen molar-refractivity contribution >= 4 is 5.91 Å². The number of pyridine rings is 1. The van der Waals surface area contributed by atoms with Crippen LogP contribution >= 0.6 is 0 Å². The highest BCUT2D eigenvalue weighted by molar-refractivity contribution is 5.96. The number of aryl methyl sites for hydroxylation is 1. The summed E-state index contributed by atoms with van der Waals surface area (Å²) in [6.07, 6.45) is 13.8. The van der Waals surface area contributed by atoms with Gasteiger partial charge in [-0.2, -0.15) is 5.26 Å². The molecule has 0 bridgehead atoms. The lowest BCUT2D eigenvalue weighted by molar-refractivity contribution is 0.0807. The minimum atomic E-state index is -0.0340. The largest absolute Gasteiger partial charge is 0.348 e. The third-order valence-corrected chi connectivity index (χ3v) is 5.20. The number of allylic oxidation sites excluding steroid dienone is 2. The van der Waals surface area contributed by atoms with Gasteiger partial charge in [0.1, 0.15) is 0 Å². The number of fused-ring (bicyclic) bond motifs is 1. The maximum absolute atomic E-state index is 13.3. The Kier molecular flexibility index (Phi) is 5.26. The Morgan fingerprint density at radius 1 is 1.31 bits per heavy atom. The zero-order valence-corrected chi connectivity index (χ0v) is 16.4. The third kappa shape index (κ3) is 3.97. The molecule has 0 N–H and O–H groups in total. The van der Waals surface area contributed by atoms with Gasteiger partial charge in [0.2, 0.25) is 0 Å². The summed E-state index contributed by atoms with van der Waals surface area (Å²) in [6, 6.07) is 11.4. The Balaban J connectivity index is 1.64. The summed E-state index contributed by atoms with van der Waals surface area (Å²) in [4.78, 5) is 21.5. The molecule has 1 amide bonds. The van der Waals surface area contributed by atoms with Gasteiger partial charge in [0.05, 0.1) is 17.3 Å². The smallest absolute Gasteiger partial charge is 0.258 e. The second-order valence-corrected chi connectivity index (χ2v) is 7.26. The zero-order valence-electron chi connectivity index (χ0n) is 16.4. The Labute approximate surface area is 170 Å². The summed E-state index contributed by atoms with van der Waals surface area (Å²) in [5, 5.41) is 9.16. The van der Waals surface area contributed by atoms with Gasteiger partial charge in [0, 0.05) is 43.4 Å². The monoisotopic (exact) mass is 382 g/mol. The quantitative estimate of drug-likeness (QED) is 0.794. The molecule has 5 heteroatoms. The maximum atomic E-state index is 13.3. The Bertz CT molecular complexity index is 1060. The highest BCUT2D eigenvalue weighted by atomic mass is 16.2. The van der Waals surface area contributed by atoms with Crippen LogP contribution in [0.5, 0.6) is 0 Å². The lowest BCUT2D eigenvalue weighted by atomic mass is 10.0. The van der Waals surface area contributed by atoms with E-state index in [4.69, 9.17) is 5.26 Å². The fourth-order valence-electron chi connectivity index (χ4n) is 3.65. The van der Waals surface area contributed by atoms with Crippen LogP contribution in [0.1, 0.15) is 39.9 Å². The van der Waals surface area contributed by atoms with E-state index >= 15 is 0 Å². The number of aromatic nitrogens is 1. The van der Waals surface area contributed by atoms with E-state index in [9.17, 15) is 4.79 Å². The molecule has 0 radical (unpaired) electrons. The number of hydrogen-bond acceptors (Lipinski definition) is 4. The van der Waals surface area contributed by atoms with Gasteiger partial charge in [-0.3, -0.25) is 9.78 Å². The van der Waals surface area contributed by atoms with E-state index in [2.05, 4.69) is 28.1 Å². The standard InChI is InChI=1S/C24H22N4O/c1-18-13-21(7-8-22(18)14-25)24(29)28-11-3-2-6-20-9-12-27(17-23(20)28)16-19-5-4-10-26-15-19/h4-10,12-13,15,17H,2-3,11,16H2,1H3. The van der Waals surface area contributed by atoms with Crippen LogP contribution in [0.15, 0.2) is 78.5 Å². The lowest BCUT2D eigenvalue weighted by Crippen LogP contribution is -2.33. The summed E-state index contributed by atoms with van der Waals surface area (Å²) in [5.74, 6) is -0.0340. The van der Waals surface area contributed by atoms with Crippen molar-refractivity contribution in [3.63, 3.8) is 0 Å². The van der Waals surface area contributed by atoms with Gasteiger partial charge in [-0.1, -0.05) is 12.1 Å². The third-order valence-electron chi connectivity index (χ3n) is 5.20. The minimum absolute atomic E-state index is 0.0340. The van der Waals surface area contributed by atoms with Crippen molar-refractivity contribution in [2.75, 3.05) is 6.54 Å². The molecule has 2 aromatic rings. The van der Waals surface area contributed by atoms with E-state index in [1.54, 1.807) is 18.3 Å². The molecule has 0 atom stereocenters. The number of nitrogens with zero attached hydrogens (tertiary/aromatic N) is 4. The van der Waals surface area contributed by atoms with Gasteiger partial charge in [-0.05, 0) is 66.8 Å². The first kappa shape index (κ1) is 18.7. The first-order chi connectivity index (χ1) is 14.2. The molecule has 4 rings (SSSR count). The Morgan fingerprint density at radius 3 is 2.97 bits per heavy atom. The number of carbonyl (C=O) groups excluding carboxylic acids is 1. The highest BCUT2D eigenvalue weighted by Gasteiger charge is 2.25. The van der Waals surface area contributed by atoms with Crippen molar-refractivity contribution in [1.29, 1.82) is 5.26 Å². The molecule has 1 aromatic carbocycles. The molecule has 0 aliphatic carbocycles. The van der Waals surface area contributed by atoms with E-state index < -0.39 is 0 Å². The van der Waals surface area contributed by atoms with Crippen LogP contribution in [0.2, 0.25) is 0 Å². The van der Waals surface area contributed by atoms with Crippen molar-refractivity contribution in [3.8, 4) is 6.07 Å². The molecule has 29 heavy (non-hydrogen) atoms. The van der Waals surface area contributed by atoms with Gasteiger partial charge >= 0.3 is 0 Å². The molecule has 2 aliphatic heterocycles. The second kappa shape index (κ2) is 8.15. The molecule has 1 aromatic heterocycles. The number of hydrogen-bond donors (Lipinski definition) is 0. The zero-order chi connectivity index (χ0) is 20.2. The van der Waals surface area contributed by atoms with Crippen LogP contribution in [0.4, 0.5) is 0 Å². The van der Waals surface area contributed by atoms with Crippen LogP contribution in [-0.2, 0) is 6.54 Å². The van der Waals surface area contributed by atoms with Gasteiger partial charge in [0.15, 0.2) is 0 Å². The van der Waals surface area contributed by atoms with E-state index in [1.165, 1.54) is 0 Å². The van der Waals surface area contributed by atoms with E-state index in [0.29, 0.717) is 24.2 Å². The molecule has 5 nitrogen and oxygen atoms in total. The van der Waals surface area contributed by atoms with Crippen molar-refractivity contribution in [2.24, 2.45) is 0 Å². The lowest BCUT2D eigenvalue weighted by Gasteiger charge is -2.30. The van der Waals surface area contributed by atoms with Gasteiger partial charge in [-0.15, -0.1) is 0 Å². The fourth-order valence-corrected chi connectivity index (χ4v) is 3.65. The summed E-state index contributed by atoms with van der Waals surface area (Å²) >= 11 is 0. The number of benzene rings is 1. The van der Waals surface area contributed by atoms with Crippen molar-refractivity contribution in [1.82, 2.24) is 14.8 Å². The summed E-state index contributed by atoms with van der Waals surface area (Å²) in [6.45, 7) is 3.22. The molecule has 0 fully saturated rings. The molecule has 0 saturated heterocycles. The first-order valence-electron chi connectivity index (χ1n) is 9.73. The Morgan fingerprint density at radius 2 is 2.21 bits per heavy atom. The van der Waals surface area contributed by atoms with Crippen LogP contribution in [0.25, 0.3) is 0 Å². The number of nitriles is 1. The summed E-state index contributed by atoms with van der Waals surface area (Å²) < 4.78 is 0. The highest BCUT2D eigenvalue weighted by Crippen LogP contribution is 2.29. The molecular weight excluding hydrogens is 360 g/mol. The summed E-state index contributed by atoms with van der Waals surface area (Å²) in [7, 11) is 0. The van der Waals surface area contributed by atoms with Gasteiger partial charge < -0.3 is 9.80 Å². The van der Waals surface area contributed by atoms with Crippen LogP contribution < -0.4 is 0 Å². The Hall–Kier alpha value is -3.65. The fraction of sp³-hybridized carbons (Fsp3) is 0.208. The predicted octanol–water partition coefficient (Wildman–Crippen LogP) is 4.30. The summed E-state index contributed by atoms with van der Waals surface area (Å²) in [5.41, 5.74) is 5.12. The molecule has 3 heterocycles. The van der Waals surface area contributed by atoms with Crippen molar-refractivity contribution < 1.29 is 4.79 Å². The van der Waals surface area contributed by atoms with E-state index in [1.807, 2.05) is 48.6 Å². The van der Waals surface area contributed by atoms with Gasteiger partial charge in [0.25, 0.3) is 5.91 Å². The molecule has 144 valence electrons. The minimum Gasteiger partial charge on any atom is -0.348 e. The maximum Gasteiger partial charge on any atom is 0.258 e.